The van der Waals surface area contributed by atoms with Gasteiger partial charge in [-0.1, -0.05) is 11.6 Å². The van der Waals surface area contributed by atoms with E-state index in [2.05, 4.69) is 10.6 Å². The molecule has 1 rings (SSSR count). The number of hydrogen-bond acceptors (Lipinski definition) is 3. The zero-order chi connectivity index (χ0) is 12.0. The lowest BCUT2D eigenvalue weighted by Crippen LogP contribution is -2.37. The maximum absolute atomic E-state index is 11.2. The molecule has 6 heteroatoms. The maximum Gasteiger partial charge on any atom is 0.314 e. The van der Waals surface area contributed by atoms with Crippen molar-refractivity contribution in [2.75, 3.05) is 20.2 Å². The van der Waals surface area contributed by atoms with Crippen LogP contribution in [0.5, 0.6) is 0 Å². The number of rotatable bonds is 5. The first kappa shape index (κ1) is 13.3. The van der Waals surface area contributed by atoms with E-state index in [1.165, 1.54) is 11.3 Å². The number of nitrogens with one attached hydrogen (secondary N) is 2. The van der Waals surface area contributed by atoms with Gasteiger partial charge in [0.1, 0.15) is 6.10 Å². The number of methoxy groups -OCH3 is 1. The molecule has 16 heavy (non-hydrogen) atoms. The third kappa shape index (κ3) is 4.00. The summed E-state index contributed by atoms with van der Waals surface area (Å²) in [4.78, 5) is 12.2. The lowest BCUT2D eigenvalue weighted by atomic mass is 10.3. The summed E-state index contributed by atoms with van der Waals surface area (Å²) in [6.07, 6.45) is -0.153. The first-order chi connectivity index (χ1) is 7.67. The summed E-state index contributed by atoms with van der Waals surface area (Å²) in [5, 5.41) is 5.38. The number of carbonyl (C=O) groups is 1. The molecule has 1 atom stereocenters. The molecular formula is C10H15ClN2O2S. The first-order valence-corrected chi connectivity index (χ1v) is 6.16. The Kier molecular flexibility index (Phi) is 5.59. The Morgan fingerprint density at radius 2 is 2.31 bits per heavy atom. The van der Waals surface area contributed by atoms with Crippen LogP contribution in [0.2, 0.25) is 4.34 Å². The van der Waals surface area contributed by atoms with Crippen molar-refractivity contribution in [2.45, 2.75) is 13.0 Å². The van der Waals surface area contributed by atoms with Gasteiger partial charge in [0.2, 0.25) is 0 Å². The summed E-state index contributed by atoms with van der Waals surface area (Å²) in [6.45, 7) is 2.90. The summed E-state index contributed by atoms with van der Waals surface area (Å²) in [7, 11) is 1.61. The second kappa shape index (κ2) is 6.73. The third-order valence-corrected chi connectivity index (χ3v) is 3.30. The molecule has 0 fully saturated rings. The van der Waals surface area contributed by atoms with Crippen LogP contribution in [0.25, 0.3) is 0 Å². The molecule has 0 saturated heterocycles. The molecule has 2 amide bonds. The van der Waals surface area contributed by atoms with Crippen molar-refractivity contribution in [1.29, 1.82) is 0 Å². The smallest absolute Gasteiger partial charge is 0.314 e. The molecule has 1 aromatic heterocycles. The maximum atomic E-state index is 11.2. The second-order valence-corrected chi connectivity index (χ2v) is 4.85. The van der Waals surface area contributed by atoms with E-state index in [1.54, 1.807) is 7.11 Å². The van der Waals surface area contributed by atoms with Crippen molar-refractivity contribution >= 4 is 29.0 Å². The van der Waals surface area contributed by atoms with E-state index < -0.39 is 0 Å². The highest BCUT2D eigenvalue weighted by atomic mass is 35.5. The molecule has 1 heterocycles. The lowest BCUT2D eigenvalue weighted by Gasteiger charge is -2.14. The average molecular weight is 263 g/mol. The number of thiophene rings is 1. The van der Waals surface area contributed by atoms with Crippen LogP contribution in [0.3, 0.4) is 0 Å². The molecule has 4 nitrogen and oxygen atoms in total. The van der Waals surface area contributed by atoms with Crippen molar-refractivity contribution in [3.05, 3.63) is 21.3 Å². The summed E-state index contributed by atoms with van der Waals surface area (Å²) in [5.41, 5.74) is 0. The van der Waals surface area contributed by atoms with E-state index >= 15 is 0 Å². The van der Waals surface area contributed by atoms with Gasteiger partial charge in [-0.2, -0.15) is 0 Å². The Balaban J connectivity index is 2.46. The summed E-state index contributed by atoms with van der Waals surface area (Å²) in [6, 6.07) is 3.53. The fourth-order valence-corrected chi connectivity index (χ4v) is 2.35. The minimum Gasteiger partial charge on any atom is -0.374 e. The minimum absolute atomic E-state index is 0.153. The van der Waals surface area contributed by atoms with Gasteiger partial charge in [-0.25, -0.2) is 4.79 Å². The predicted molar refractivity (Wildman–Crippen MR) is 66.2 cm³/mol. The van der Waals surface area contributed by atoms with Crippen LogP contribution >= 0.6 is 22.9 Å². The lowest BCUT2D eigenvalue weighted by molar-refractivity contribution is 0.107. The molecule has 0 aromatic carbocycles. The minimum atomic E-state index is -0.188. The van der Waals surface area contributed by atoms with Gasteiger partial charge in [-0.05, 0) is 19.1 Å². The third-order valence-electron chi connectivity index (χ3n) is 1.98. The molecular weight excluding hydrogens is 248 g/mol. The first-order valence-electron chi connectivity index (χ1n) is 4.97. The van der Waals surface area contributed by atoms with Crippen molar-refractivity contribution in [3.8, 4) is 0 Å². The van der Waals surface area contributed by atoms with Crippen LogP contribution in [0, 0.1) is 0 Å². The molecule has 0 radical (unpaired) electrons. The highest BCUT2D eigenvalue weighted by Gasteiger charge is 2.13. The van der Waals surface area contributed by atoms with Crippen LogP contribution in [0.4, 0.5) is 4.79 Å². The fourth-order valence-electron chi connectivity index (χ4n) is 1.21. The molecule has 0 saturated carbocycles. The van der Waals surface area contributed by atoms with Crippen molar-refractivity contribution in [2.24, 2.45) is 0 Å². The number of urea groups is 1. The zero-order valence-corrected chi connectivity index (χ0v) is 10.8. The topological polar surface area (TPSA) is 50.4 Å². The summed E-state index contributed by atoms with van der Waals surface area (Å²) >= 11 is 7.29. The predicted octanol–water partition coefficient (Wildman–Crippen LogP) is 2.41. The molecule has 0 aliphatic heterocycles. The van der Waals surface area contributed by atoms with Gasteiger partial charge in [0.15, 0.2) is 0 Å². The Morgan fingerprint density at radius 1 is 1.56 bits per heavy atom. The SMILES string of the molecule is CCNC(=O)NCC(OC)c1ccc(Cl)s1. The zero-order valence-electron chi connectivity index (χ0n) is 9.25. The molecule has 90 valence electrons. The van der Waals surface area contributed by atoms with Gasteiger partial charge in [-0.3, -0.25) is 0 Å². The van der Waals surface area contributed by atoms with Gasteiger partial charge >= 0.3 is 6.03 Å². The molecule has 0 aliphatic carbocycles. The Labute approximate surface area is 104 Å². The molecule has 1 aromatic rings. The molecule has 0 aliphatic rings. The molecule has 1 unspecified atom stereocenters. The van der Waals surface area contributed by atoms with E-state index in [0.717, 1.165) is 9.21 Å². The Hall–Kier alpha value is -0.780. The quantitative estimate of drug-likeness (QED) is 0.856. The molecule has 0 spiro atoms. The average Bonchev–Trinajstić information content (AvgIpc) is 2.66. The molecule has 0 bridgehead atoms. The Bertz CT molecular complexity index is 343. The van der Waals surface area contributed by atoms with E-state index in [9.17, 15) is 4.79 Å². The van der Waals surface area contributed by atoms with Crippen LogP contribution < -0.4 is 10.6 Å². The van der Waals surface area contributed by atoms with E-state index in [-0.39, 0.29) is 12.1 Å². The number of hydrogen-bond donors (Lipinski definition) is 2. The summed E-state index contributed by atoms with van der Waals surface area (Å²) in [5.74, 6) is 0. The highest BCUT2D eigenvalue weighted by Crippen LogP contribution is 2.28. The monoisotopic (exact) mass is 262 g/mol. The van der Waals surface area contributed by atoms with Crippen LogP contribution in [0.15, 0.2) is 12.1 Å². The van der Waals surface area contributed by atoms with E-state index in [1.807, 2.05) is 19.1 Å². The summed E-state index contributed by atoms with van der Waals surface area (Å²) < 4.78 is 6.01. The van der Waals surface area contributed by atoms with Gasteiger partial charge in [-0.15, -0.1) is 11.3 Å². The van der Waals surface area contributed by atoms with Crippen LogP contribution in [0.1, 0.15) is 17.9 Å². The van der Waals surface area contributed by atoms with Crippen LogP contribution in [-0.4, -0.2) is 26.2 Å². The number of halogens is 1. The largest absolute Gasteiger partial charge is 0.374 e. The standard InChI is InChI=1S/C10H15ClN2O2S/c1-3-12-10(14)13-6-7(15-2)8-4-5-9(11)16-8/h4-5,7H,3,6H2,1-2H3,(H2,12,13,14). The number of amides is 2. The van der Waals surface area contributed by atoms with Crippen LogP contribution in [-0.2, 0) is 4.74 Å². The highest BCUT2D eigenvalue weighted by molar-refractivity contribution is 7.16. The van der Waals surface area contributed by atoms with Crippen molar-refractivity contribution in [3.63, 3.8) is 0 Å². The molecule has 2 N–H and O–H groups in total. The van der Waals surface area contributed by atoms with Gasteiger partial charge in [0, 0.05) is 18.5 Å². The fraction of sp³-hybridized carbons (Fsp3) is 0.500. The number of ether oxygens (including phenoxy) is 1. The normalized spacial score (nSPS) is 12.2. The van der Waals surface area contributed by atoms with Crippen molar-refractivity contribution < 1.29 is 9.53 Å². The van der Waals surface area contributed by atoms with Gasteiger partial charge in [0.25, 0.3) is 0 Å². The van der Waals surface area contributed by atoms with Gasteiger partial charge < -0.3 is 15.4 Å². The van der Waals surface area contributed by atoms with E-state index in [0.29, 0.717) is 13.1 Å². The Morgan fingerprint density at radius 3 is 2.81 bits per heavy atom. The van der Waals surface area contributed by atoms with E-state index in [4.69, 9.17) is 16.3 Å². The second-order valence-electron chi connectivity index (χ2n) is 3.11. The number of carbonyl (C=O) groups excluding carboxylic acids is 1. The van der Waals surface area contributed by atoms with Crippen molar-refractivity contribution in [1.82, 2.24) is 10.6 Å². The van der Waals surface area contributed by atoms with Gasteiger partial charge in [0.05, 0.1) is 10.9 Å².